The van der Waals surface area contributed by atoms with Crippen LogP contribution in [-0.2, 0) is 18.3 Å². The molecule has 10 heteroatoms. The average Bonchev–Trinajstić information content (AvgIpc) is 2.97. The number of carbonyl (C=O) groups is 1. The monoisotopic (exact) mass is 422 g/mol. The number of carbonyl (C=O) groups excluding carboxylic acids is 1. The molecule has 7 nitrogen and oxygen atoms in total. The SMILES string of the molecule is Cl.Cn1c(CC(=O)Nc2ccc([N+](=O)[O-])cc2)cs/c1=N/c1ccccc1F. The highest BCUT2D eigenvalue weighted by molar-refractivity contribution is 7.07. The van der Waals surface area contributed by atoms with E-state index < -0.39 is 10.7 Å². The van der Waals surface area contributed by atoms with Gasteiger partial charge in [-0.1, -0.05) is 12.1 Å². The predicted molar refractivity (Wildman–Crippen MR) is 108 cm³/mol. The lowest BCUT2D eigenvalue weighted by atomic mass is 10.2. The van der Waals surface area contributed by atoms with Gasteiger partial charge in [0, 0.05) is 35.9 Å². The fraction of sp³-hybridized carbons (Fsp3) is 0.111. The summed E-state index contributed by atoms with van der Waals surface area (Å²) in [5.74, 6) is -0.682. The molecule has 1 N–H and O–H groups in total. The van der Waals surface area contributed by atoms with Gasteiger partial charge in [0.15, 0.2) is 4.80 Å². The summed E-state index contributed by atoms with van der Waals surface area (Å²) < 4.78 is 15.5. The zero-order valence-electron chi connectivity index (χ0n) is 14.7. The van der Waals surface area contributed by atoms with Crippen molar-refractivity contribution in [2.75, 3.05) is 5.32 Å². The number of anilines is 1. The van der Waals surface area contributed by atoms with Gasteiger partial charge in [0.25, 0.3) is 5.69 Å². The number of hydrogen-bond acceptors (Lipinski definition) is 5. The van der Waals surface area contributed by atoms with Gasteiger partial charge in [-0.3, -0.25) is 14.9 Å². The Hall–Kier alpha value is -3.04. The van der Waals surface area contributed by atoms with Crippen LogP contribution in [0.3, 0.4) is 0 Å². The molecule has 1 aromatic heterocycles. The van der Waals surface area contributed by atoms with Crippen molar-refractivity contribution in [1.29, 1.82) is 0 Å². The first-order valence-corrected chi connectivity index (χ1v) is 8.79. The molecule has 0 aliphatic carbocycles. The number of rotatable bonds is 5. The number of nitro groups is 1. The minimum Gasteiger partial charge on any atom is -0.326 e. The average molecular weight is 423 g/mol. The van der Waals surface area contributed by atoms with E-state index in [1.807, 2.05) is 0 Å². The molecule has 0 saturated carbocycles. The van der Waals surface area contributed by atoms with E-state index in [1.165, 1.54) is 41.7 Å². The predicted octanol–water partition coefficient (Wildman–Crippen LogP) is 3.97. The number of nitrogens with one attached hydrogen (secondary N) is 1. The van der Waals surface area contributed by atoms with E-state index in [1.54, 1.807) is 35.2 Å². The van der Waals surface area contributed by atoms with Gasteiger partial charge in [0.1, 0.15) is 11.5 Å². The molecular weight excluding hydrogens is 407 g/mol. The number of hydrogen-bond donors (Lipinski definition) is 1. The number of para-hydroxylation sites is 1. The molecule has 0 spiro atoms. The molecule has 0 aliphatic heterocycles. The summed E-state index contributed by atoms with van der Waals surface area (Å²) in [6, 6.07) is 11.8. The van der Waals surface area contributed by atoms with E-state index in [4.69, 9.17) is 0 Å². The number of non-ortho nitro benzene ring substituents is 1. The first kappa shape index (κ1) is 21.3. The van der Waals surface area contributed by atoms with Crippen LogP contribution in [-0.4, -0.2) is 15.4 Å². The van der Waals surface area contributed by atoms with Gasteiger partial charge >= 0.3 is 0 Å². The zero-order valence-corrected chi connectivity index (χ0v) is 16.3. The molecule has 0 fully saturated rings. The van der Waals surface area contributed by atoms with Crippen molar-refractivity contribution >= 4 is 46.7 Å². The summed E-state index contributed by atoms with van der Waals surface area (Å²) >= 11 is 1.31. The molecular formula is C18H16ClFN4O3S. The van der Waals surface area contributed by atoms with Crippen molar-refractivity contribution in [3.63, 3.8) is 0 Å². The van der Waals surface area contributed by atoms with Crippen LogP contribution >= 0.6 is 23.7 Å². The Labute approximate surface area is 169 Å². The summed E-state index contributed by atoms with van der Waals surface area (Å²) in [6.45, 7) is 0. The smallest absolute Gasteiger partial charge is 0.269 e. The van der Waals surface area contributed by atoms with E-state index in [-0.39, 0.29) is 36.1 Å². The molecule has 0 radical (unpaired) electrons. The van der Waals surface area contributed by atoms with E-state index in [2.05, 4.69) is 10.3 Å². The Bertz CT molecular complexity index is 1060. The highest BCUT2D eigenvalue weighted by atomic mass is 35.5. The Kier molecular flexibility index (Phi) is 7.02. The zero-order chi connectivity index (χ0) is 19.4. The third-order valence-corrected chi connectivity index (χ3v) is 4.76. The molecule has 146 valence electrons. The number of nitro benzene ring substituents is 1. The third kappa shape index (κ3) is 5.02. The Morgan fingerprint density at radius 1 is 1.25 bits per heavy atom. The molecule has 0 unspecified atom stereocenters. The van der Waals surface area contributed by atoms with Crippen LogP contribution in [0, 0.1) is 15.9 Å². The van der Waals surface area contributed by atoms with Crippen molar-refractivity contribution in [3.05, 3.63) is 80.3 Å². The van der Waals surface area contributed by atoms with Crippen molar-refractivity contribution in [2.45, 2.75) is 6.42 Å². The van der Waals surface area contributed by atoms with Crippen molar-refractivity contribution in [1.82, 2.24) is 4.57 Å². The second-order valence-corrected chi connectivity index (χ2v) is 6.50. The normalized spacial score (nSPS) is 11.0. The van der Waals surface area contributed by atoms with Crippen LogP contribution in [0.2, 0.25) is 0 Å². The van der Waals surface area contributed by atoms with Crippen LogP contribution in [0.4, 0.5) is 21.5 Å². The molecule has 3 aromatic rings. The molecule has 0 atom stereocenters. The third-order valence-electron chi connectivity index (χ3n) is 3.79. The molecule has 0 saturated heterocycles. The van der Waals surface area contributed by atoms with Crippen molar-refractivity contribution < 1.29 is 14.1 Å². The van der Waals surface area contributed by atoms with E-state index in [0.29, 0.717) is 10.5 Å². The van der Waals surface area contributed by atoms with Crippen LogP contribution in [0.1, 0.15) is 5.69 Å². The lowest BCUT2D eigenvalue weighted by Gasteiger charge is -2.06. The first-order chi connectivity index (χ1) is 12.9. The fourth-order valence-electron chi connectivity index (χ4n) is 2.34. The largest absolute Gasteiger partial charge is 0.326 e. The van der Waals surface area contributed by atoms with Gasteiger partial charge < -0.3 is 9.88 Å². The van der Waals surface area contributed by atoms with Gasteiger partial charge in [-0.2, -0.15) is 0 Å². The van der Waals surface area contributed by atoms with Gasteiger partial charge in [0.05, 0.1) is 11.3 Å². The number of amides is 1. The van der Waals surface area contributed by atoms with Gasteiger partial charge in [-0.05, 0) is 24.3 Å². The topological polar surface area (TPSA) is 89.5 Å². The van der Waals surface area contributed by atoms with E-state index in [0.717, 1.165) is 5.69 Å². The Morgan fingerprint density at radius 2 is 1.93 bits per heavy atom. The van der Waals surface area contributed by atoms with Gasteiger partial charge in [0.2, 0.25) is 5.91 Å². The summed E-state index contributed by atoms with van der Waals surface area (Å²) in [4.78, 5) is 27.2. The Morgan fingerprint density at radius 3 is 2.57 bits per heavy atom. The highest BCUT2D eigenvalue weighted by Crippen LogP contribution is 2.17. The van der Waals surface area contributed by atoms with Crippen LogP contribution in [0.25, 0.3) is 0 Å². The lowest BCUT2D eigenvalue weighted by molar-refractivity contribution is -0.384. The van der Waals surface area contributed by atoms with Crippen molar-refractivity contribution in [2.24, 2.45) is 12.0 Å². The van der Waals surface area contributed by atoms with Gasteiger partial charge in [-0.15, -0.1) is 23.7 Å². The highest BCUT2D eigenvalue weighted by Gasteiger charge is 2.10. The number of nitrogens with zero attached hydrogens (tertiary/aromatic N) is 3. The molecule has 28 heavy (non-hydrogen) atoms. The molecule has 2 aromatic carbocycles. The standard InChI is InChI=1S/C18H15FN4O3S.ClH/c1-22-14(11-27-18(22)21-16-5-3-2-4-15(16)19)10-17(24)20-12-6-8-13(9-7-12)23(25)26;/h2-9,11H,10H2,1H3,(H,20,24);1H/b21-18+;. The van der Waals surface area contributed by atoms with Crippen LogP contribution in [0.15, 0.2) is 58.9 Å². The number of halogens is 2. The van der Waals surface area contributed by atoms with Crippen LogP contribution < -0.4 is 10.1 Å². The maximum absolute atomic E-state index is 13.7. The summed E-state index contributed by atoms with van der Waals surface area (Å²) in [5, 5.41) is 15.1. The minimum absolute atomic E-state index is 0. The summed E-state index contributed by atoms with van der Waals surface area (Å²) in [6.07, 6.45) is 0.0940. The number of aromatic nitrogens is 1. The second-order valence-electron chi connectivity index (χ2n) is 5.66. The quantitative estimate of drug-likeness (QED) is 0.498. The maximum Gasteiger partial charge on any atom is 0.269 e. The van der Waals surface area contributed by atoms with Crippen LogP contribution in [0.5, 0.6) is 0 Å². The van der Waals surface area contributed by atoms with E-state index in [9.17, 15) is 19.3 Å². The van der Waals surface area contributed by atoms with Crippen molar-refractivity contribution in [3.8, 4) is 0 Å². The minimum atomic E-state index is -0.502. The molecule has 3 rings (SSSR count). The summed E-state index contributed by atoms with van der Waals surface area (Å²) in [7, 11) is 1.75. The van der Waals surface area contributed by atoms with E-state index >= 15 is 0 Å². The first-order valence-electron chi connectivity index (χ1n) is 7.91. The lowest BCUT2D eigenvalue weighted by Crippen LogP contribution is -2.19. The molecule has 0 aliphatic rings. The maximum atomic E-state index is 13.7. The fourth-order valence-corrected chi connectivity index (χ4v) is 3.25. The summed E-state index contributed by atoms with van der Waals surface area (Å²) in [5.41, 5.74) is 1.38. The Balaban J connectivity index is 0.00000280. The molecule has 0 bridgehead atoms. The number of benzene rings is 2. The second kappa shape index (κ2) is 9.25. The number of thiazole rings is 1. The molecule has 1 amide bonds. The van der Waals surface area contributed by atoms with Gasteiger partial charge in [-0.25, -0.2) is 9.38 Å². The molecule has 1 heterocycles.